The van der Waals surface area contributed by atoms with Gasteiger partial charge in [0.25, 0.3) is 0 Å². The third-order valence-corrected chi connectivity index (χ3v) is 5.25. The summed E-state index contributed by atoms with van der Waals surface area (Å²) >= 11 is 0. The van der Waals surface area contributed by atoms with Crippen molar-refractivity contribution >= 4 is 11.8 Å². The topological polar surface area (TPSA) is 91.6 Å². The minimum absolute atomic E-state index is 0.0647. The van der Waals surface area contributed by atoms with Gasteiger partial charge in [0.15, 0.2) is 0 Å². The van der Waals surface area contributed by atoms with Gasteiger partial charge >= 0.3 is 6.18 Å². The van der Waals surface area contributed by atoms with E-state index in [-0.39, 0.29) is 23.2 Å². The van der Waals surface area contributed by atoms with E-state index in [1.54, 1.807) is 4.90 Å². The van der Waals surface area contributed by atoms with Crippen LogP contribution in [0.2, 0.25) is 0 Å². The van der Waals surface area contributed by atoms with E-state index in [9.17, 15) is 22.8 Å². The standard InChI is InChI=1S/C19H20F3N5O3/c20-19(21,22)13-3-1-2-12(10-13)17-24-16(30-25-17)11-26-6-8-27(9-7-26)18(29)14-4-5-15(28)23-14/h1-3,10,14H,4-9,11H2,(H,23,28). The maximum absolute atomic E-state index is 12.9. The van der Waals surface area contributed by atoms with Gasteiger partial charge in [0.1, 0.15) is 6.04 Å². The molecule has 2 aromatic rings. The molecular weight excluding hydrogens is 403 g/mol. The number of piperazine rings is 1. The van der Waals surface area contributed by atoms with E-state index in [1.807, 2.05) is 4.90 Å². The van der Waals surface area contributed by atoms with E-state index in [0.717, 1.165) is 12.1 Å². The zero-order chi connectivity index (χ0) is 21.3. The van der Waals surface area contributed by atoms with Crippen LogP contribution in [0.1, 0.15) is 24.3 Å². The lowest BCUT2D eigenvalue weighted by Crippen LogP contribution is -2.53. The number of amides is 2. The van der Waals surface area contributed by atoms with Crippen LogP contribution < -0.4 is 5.32 Å². The maximum Gasteiger partial charge on any atom is 0.416 e. The molecule has 160 valence electrons. The molecule has 2 amide bonds. The molecule has 3 heterocycles. The lowest BCUT2D eigenvalue weighted by atomic mass is 10.1. The Hall–Kier alpha value is -2.95. The fourth-order valence-corrected chi connectivity index (χ4v) is 3.61. The van der Waals surface area contributed by atoms with Crippen LogP contribution in [0.15, 0.2) is 28.8 Å². The molecule has 11 heteroatoms. The van der Waals surface area contributed by atoms with Crippen molar-refractivity contribution in [1.82, 2.24) is 25.3 Å². The maximum atomic E-state index is 12.9. The normalized spacial score (nSPS) is 20.4. The monoisotopic (exact) mass is 423 g/mol. The molecule has 0 aliphatic carbocycles. The summed E-state index contributed by atoms with van der Waals surface area (Å²) in [5, 5.41) is 6.48. The van der Waals surface area contributed by atoms with Crippen LogP contribution >= 0.6 is 0 Å². The van der Waals surface area contributed by atoms with E-state index < -0.39 is 17.8 Å². The summed E-state index contributed by atoms with van der Waals surface area (Å²) in [5.41, 5.74) is -0.542. The Morgan fingerprint density at radius 3 is 2.67 bits per heavy atom. The third-order valence-electron chi connectivity index (χ3n) is 5.25. The van der Waals surface area contributed by atoms with Gasteiger partial charge in [0, 0.05) is 38.2 Å². The number of carbonyl (C=O) groups is 2. The number of rotatable bonds is 4. The molecule has 1 aromatic heterocycles. The van der Waals surface area contributed by atoms with Gasteiger partial charge in [-0.25, -0.2) is 0 Å². The molecule has 0 spiro atoms. The van der Waals surface area contributed by atoms with E-state index in [2.05, 4.69) is 15.5 Å². The van der Waals surface area contributed by atoms with Crippen LogP contribution in [0.5, 0.6) is 0 Å². The number of carbonyl (C=O) groups excluding carboxylic acids is 2. The quantitative estimate of drug-likeness (QED) is 0.805. The Morgan fingerprint density at radius 1 is 1.23 bits per heavy atom. The molecule has 0 saturated carbocycles. The van der Waals surface area contributed by atoms with E-state index in [4.69, 9.17) is 4.52 Å². The van der Waals surface area contributed by atoms with Crippen LogP contribution in [-0.4, -0.2) is 64.0 Å². The third kappa shape index (κ3) is 4.45. The largest absolute Gasteiger partial charge is 0.416 e. The highest BCUT2D eigenvalue weighted by molar-refractivity contribution is 5.90. The molecule has 1 N–H and O–H groups in total. The van der Waals surface area contributed by atoms with Gasteiger partial charge in [-0.1, -0.05) is 17.3 Å². The first-order valence-electron chi connectivity index (χ1n) is 9.60. The molecule has 8 nitrogen and oxygen atoms in total. The molecule has 30 heavy (non-hydrogen) atoms. The smallest absolute Gasteiger partial charge is 0.344 e. The Labute approximate surface area is 170 Å². The molecule has 1 unspecified atom stereocenters. The second-order valence-corrected chi connectivity index (χ2v) is 7.35. The van der Waals surface area contributed by atoms with Gasteiger partial charge in [-0.2, -0.15) is 18.2 Å². The Kier molecular flexibility index (Phi) is 5.46. The molecule has 4 rings (SSSR count). The Bertz CT molecular complexity index is 937. The fraction of sp³-hybridized carbons (Fsp3) is 0.474. The highest BCUT2D eigenvalue weighted by Crippen LogP contribution is 2.31. The molecule has 0 bridgehead atoms. The first-order chi connectivity index (χ1) is 14.3. The molecule has 1 aromatic carbocycles. The Balaban J connectivity index is 1.33. The first-order valence-corrected chi connectivity index (χ1v) is 9.60. The van der Waals surface area contributed by atoms with Gasteiger partial charge < -0.3 is 14.7 Å². The van der Waals surface area contributed by atoms with Crippen molar-refractivity contribution < 1.29 is 27.3 Å². The second-order valence-electron chi connectivity index (χ2n) is 7.35. The second kappa shape index (κ2) is 8.05. The number of halogens is 3. The summed E-state index contributed by atoms with van der Waals surface area (Å²) in [6.07, 6.45) is -3.54. The minimum Gasteiger partial charge on any atom is -0.344 e. The van der Waals surface area contributed by atoms with Crippen LogP contribution in [0.4, 0.5) is 13.2 Å². The molecule has 0 radical (unpaired) electrons. The van der Waals surface area contributed by atoms with Crippen molar-refractivity contribution in [1.29, 1.82) is 0 Å². The lowest BCUT2D eigenvalue weighted by molar-refractivity contribution is -0.137. The number of benzene rings is 1. The number of hydrogen-bond acceptors (Lipinski definition) is 6. The van der Waals surface area contributed by atoms with Gasteiger partial charge in [0.05, 0.1) is 12.1 Å². The van der Waals surface area contributed by atoms with Crippen molar-refractivity contribution in [3.8, 4) is 11.4 Å². The van der Waals surface area contributed by atoms with Gasteiger partial charge in [0.2, 0.25) is 23.5 Å². The minimum atomic E-state index is -4.44. The van der Waals surface area contributed by atoms with Crippen LogP contribution in [-0.2, 0) is 22.3 Å². The number of aromatic nitrogens is 2. The van der Waals surface area contributed by atoms with Crippen molar-refractivity contribution in [3.63, 3.8) is 0 Å². The SMILES string of the molecule is O=C1CCC(C(=O)N2CCN(Cc3nc(-c4cccc(C(F)(F)F)c4)no3)CC2)N1. The van der Waals surface area contributed by atoms with Gasteiger partial charge in [-0.15, -0.1) is 0 Å². The summed E-state index contributed by atoms with van der Waals surface area (Å²) in [7, 11) is 0. The predicted octanol–water partition coefficient (Wildman–Crippen LogP) is 1.68. The van der Waals surface area contributed by atoms with Gasteiger partial charge in [-0.05, 0) is 18.6 Å². The first kappa shape index (κ1) is 20.3. The highest BCUT2D eigenvalue weighted by atomic mass is 19.4. The summed E-state index contributed by atoms with van der Waals surface area (Å²) in [4.78, 5) is 31.7. The van der Waals surface area contributed by atoms with Gasteiger partial charge in [-0.3, -0.25) is 14.5 Å². The highest BCUT2D eigenvalue weighted by Gasteiger charge is 2.33. The van der Waals surface area contributed by atoms with Crippen LogP contribution in [0.3, 0.4) is 0 Å². The van der Waals surface area contributed by atoms with Crippen molar-refractivity contribution in [2.24, 2.45) is 0 Å². The Morgan fingerprint density at radius 2 is 2.00 bits per heavy atom. The van der Waals surface area contributed by atoms with Crippen molar-refractivity contribution in [3.05, 3.63) is 35.7 Å². The number of nitrogens with one attached hydrogen (secondary N) is 1. The van der Waals surface area contributed by atoms with E-state index in [0.29, 0.717) is 51.5 Å². The molecule has 2 saturated heterocycles. The molecule has 2 aliphatic rings. The summed E-state index contributed by atoms with van der Waals surface area (Å²) in [6.45, 7) is 2.55. The number of hydrogen-bond donors (Lipinski definition) is 1. The molecule has 2 fully saturated rings. The number of nitrogens with zero attached hydrogens (tertiary/aromatic N) is 4. The number of alkyl halides is 3. The zero-order valence-electron chi connectivity index (χ0n) is 16.0. The average Bonchev–Trinajstić information content (AvgIpc) is 3.37. The lowest BCUT2D eigenvalue weighted by Gasteiger charge is -2.35. The van der Waals surface area contributed by atoms with Crippen molar-refractivity contribution in [2.75, 3.05) is 26.2 Å². The summed E-state index contributed by atoms with van der Waals surface area (Å²) in [6, 6.07) is 4.34. The van der Waals surface area contributed by atoms with E-state index >= 15 is 0 Å². The average molecular weight is 423 g/mol. The van der Waals surface area contributed by atoms with E-state index in [1.165, 1.54) is 12.1 Å². The van der Waals surface area contributed by atoms with Crippen LogP contribution in [0, 0.1) is 0 Å². The van der Waals surface area contributed by atoms with Crippen molar-refractivity contribution in [2.45, 2.75) is 31.6 Å². The zero-order valence-corrected chi connectivity index (χ0v) is 16.0. The molecule has 2 aliphatic heterocycles. The predicted molar refractivity (Wildman–Crippen MR) is 97.8 cm³/mol. The van der Waals surface area contributed by atoms with Crippen LogP contribution in [0.25, 0.3) is 11.4 Å². The summed E-state index contributed by atoms with van der Waals surface area (Å²) < 4.78 is 43.9. The summed E-state index contributed by atoms with van der Waals surface area (Å²) in [5.74, 6) is 0.234. The molecule has 1 atom stereocenters. The molecular formula is C19H20F3N5O3. The fourth-order valence-electron chi connectivity index (χ4n) is 3.61.